The van der Waals surface area contributed by atoms with Crippen molar-refractivity contribution in [2.24, 2.45) is 0 Å². The van der Waals surface area contributed by atoms with Gasteiger partial charge in [-0.25, -0.2) is 0 Å². The molecule has 5 aromatic rings. The average Bonchev–Trinajstić information content (AvgIpc) is 2.91. The van der Waals surface area contributed by atoms with Gasteiger partial charge >= 0.3 is 0 Å². The number of benzene rings is 4. The molecular formula is C29H22O6. The number of methoxy groups -OCH3 is 2. The van der Waals surface area contributed by atoms with E-state index in [0.29, 0.717) is 33.6 Å². The van der Waals surface area contributed by atoms with Crippen LogP contribution in [0, 0.1) is 0 Å². The molecule has 5 rings (SSSR count). The molecule has 0 aliphatic heterocycles. The number of ketones is 1. The molecule has 6 nitrogen and oxygen atoms in total. The molecule has 174 valence electrons. The molecule has 0 unspecified atom stereocenters. The summed E-state index contributed by atoms with van der Waals surface area (Å²) in [5.41, 5.74) is 1.11. The molecule has 0 spiro atoms. The van der Waals surface area contributed by atoms with Crippen LogP contribution in [0.2, 0.25) is 0 Å². The smallest absolute Gasteiger partial charge is 0.235 e. The van der Waals surface area contributed by atoms with Gasteiger partial charge in [-0.15, -0.1) is 0 Å². The molecule has 0 fully saturated rings. The van der Waals surface area contributed by atoms with Crippen LogP contribution < -0.4 is 19.6 Å². The van der Waals surface area contributed by atoms with Gasteiger partial charge in [0.05, 0.1) is 19.6 Å². The lowest BCUT2D eigenvalue weighted by molar-refractivity contribution is 0.0920. The number of para-hydroxylation sites is 1. The third-order valence-electron chi connectivity index (χ3n) is 5.82. The minimum absolute atomic E-state index is 0.0370. The van der Waals surface area contributed by atoms with Gasteiger partial charge in [0.15, 0.2) is 29.6 Å². The van der Waals surface area contributed by atoms with Crippen molar-refractivity contribution >= 4 is 27.5 Å². The monoisotopic (exact) mass is 466 g/mol. The molecule has 0 saturated carbocycles. The van der Waals surface area contributed by atoms with Crippen molar-refractivity contribution in [1.29, 1.82) is 0 Å². The Balaban J connectivity index is 1.55. The average molecular weight is 466 g/mol. The van der Waals surface area contributed by atoms with Gasteiger partial charge in [0, 0.05) is 11.1 Å². The molecule has 0 N–H and O–H groups in total. The summed E-state index contributed by atoms with van der Waals surface area (Å²) >= 11 is 0. The maximum Gasteiger partial charge on any atom is 0.235 e. The summed E-state index contributed by atoms with van der Waals surface area (Å²) in [4.78, 5) is 26.3. The van der Waals surface area contributed by atoms with Gasteiger partial charge in [0.25, 0.3) is 0 Å². The molecule has 0 bridgehead atoms. The van der Waals surface area contributed by atoms with Gasteiger partial charge in [-0.3, -0.25) is 9.59 Å². The fourth-order valence-corrected chi connectivity index (χ4v) is 4.01. The van der Waals surface area contributed by atoms with Gasteiger partial charge < -0.3 is 18.6 Å². The zero-order valence-electron chi connectivity index (χ0n) is 19.2. The molecule has 1 heterocycles. The van der Waals surface area contributed by atoms with E-state index in [-0.39, 0.29) is 29.3 Å². The summed E-state index contributed by atoms with van der Waals surface area (Å²) in [6.07, 6.45) is 0. The Morgan fingerprint density at radius 2 is 1.54 bits per heavy atom. The molecule has 0 radical (unpaired) electrons. The largest absolute Gasteiger partial charge is 0.493 e. The van der Waals surface area contributed by atoms with E-state index in [1.54, 1.807) is 55.6 Å². The lowest BCUT2D eigenvalue weighted by atomic mass is 10.0. The van der Waals surface area contributed by atoms with Crippen molar-refractivity contribution < 1.29 is 23.4 Å². The molecule has 6 heteroatoms. The Morgan fingerprint density at radius 3 is 2.34 bits per heavy atom. The summed E-state index contributed by atoms with van der Waals surface area (Å²) in [5.74, 6) is 0.930. The van der Waals surface area contributed by atoms with Crippen LogP contribution in [0.3, 0.4) is 0 Å². The van der Waals surface area contributed by atoms with E-state index in [0.717, 1.165) is 10.8 Å². The predicted octanol–water partition coefficient (Wildman–Crippen LogP) is 5.89. The highest BCUT2D eigenvalue weighted by molar-refractivity contribution is 6.01. The number of ether oxygens (including phenoxy) is 3. The van der Waals surface area contributed by atoms with E-state index in [2.05, 4.69) is 0 Å². The van der Waals surface area contributed by atoms with Crippen molar-refractivity contribution in [3.8, 4) is 28.6 Å². The highest BCUT2D eigenvalue weighted by atomic mass is 16.5. The van der Waals surface area contributed by atoms with E-state index < -0.39 is 0 Å². The quantitative estimate of drug-likeness (QED) is 0.278. The molecule has 0 amide bonds. The van der Waals surface area contributed by atoms with Crippen LogP contribution in [0.1, 0.15) is 10.4 Å². The van der Waals surface area contributed by atoms with Crippen LogP contribution in [-0.2, 0) is 0 Å². The Kier molecular flexibility index (Phi) is 5.94. The maximum absolute atomic E-state index is 13.4. The molecule has 0 saturated heterocycles. The van der Waals surface area contributed by atoms with E-state index in [4.69, 9.17) is 18.6 Å². The van der Waals surface area contributed by atoms with Crippen molar-refractivity contribution in [3.05, 3.63) is 101 Å². The maximum atomic E-state index is 13.4. The van der Waals surface area contributed by atoms with Crippen LogP contribution in [0.5, 0.6) is 17.2 Å². The Hall–Kier alpha value is -4.58. The third kappa shape index (κ3) is 4.22. The highest BCUT2D eigenvalue weighted by Gasteiger charge is 2.20. The third-order valence-corrected chi connectivity index (χ3v) is 5.82. The summed E-state index contributed by atoms with van der Waals surface area (Å²) in [6, 6.07) is 25.3. The number of rotatable bonds is 7. The number of Topliss-reactive ketones (excluding diaryl/α,β-unsaturated/α-hetero) is 1. The number of hydrogen-bond acceptors (Lipinski definition) is 6. The Bertz CT molecular complexity index is 1620. The zero-order chi connectivity index (χ0) is 24.4. The SMILES string of the molecule is COc1ccc(-c2oc3ccccc3c(=O)c2OCC(=O)c2ccc3ccccc3c2)cc1OC. The number of carbonyl (C=O) groups excluding carboxylic acids is 1. The summed E-state index contributed by atoms with van der Waals surface area (Å²) in [5, 5.41) is 2.36. The van der Waals surface area contributed by atoms with E-state index >= 15 is 0 Å². The summed E-state index contributed by atoms with van der Waals surface area (Å²) in [7, 11) is 3.07. The topological polar surface area (TPSA) is 75.0 Å². The van der Waals surface area contributed by atoms with Crippen LogP contribution >= 0.6 is 0 Å². The van der Waals surface area contributed by atoms with Crippen molar-refractivity contribution in [1.82, 2.24) is 0 Å². The first-order valence-electron chi connectivity index (χ1n) is 11.0. The molecule has 35 heavy (non-hydrogen) atoms. The number of fused-ring (bicyclic) bond motifs is 2. The second-order valence-corrected chi connectivity index (χ2v) is 7.93. The van der Waals surface area contributed by atoms with E-state index in [1.807, 2.05) is 36.4 Å². The Morgan fingerprint density at radius 1 is 0.800 bits per heavy atom. The Labute approximate surface area is 201 Å². The molecule has 1 aromatic heterocycles. The van der Waals surface area contributed by atoms with Crippen molar-refractivity contribution in [3.63, 3.8) is 0 Å². The fourth-order valence-electron chi connectivity index (χ4n) is 4.01. The van der Waals surface area contributed by atoms with Crippen LogP contribution in [0.25, 0.3) is 33.1 Å². The molecule has 4 aromatic carbocycles. The fraction of sp³-hybridized carbons (Fsp3) is 0.103. The second kappa shape index (κ2) is 9.35. The normalized spacial score (nSPS) is 10.9. The van der Waals surface area contributed by atoms with Crippen LogP contribution in [0.15, 0.2) is 94.1 Å². The van der Waals surface area contributed by atoms with Gasteiger partial charge in [-0.05, 0) is 47.2 Å². The molecular weight excluding hydrogens is 444 g/mol. The zero-order valence-corrected chi connectivity index (χ0v) is 19.2. The van der Waals surface area contributed by atoms with E-state index in [1.165, 1.54) is 7.11 Å². The molecule has 0 aliphatic rings. The first-order chi connectivity index (χ1) is 17.1. The van der Waals surface area contributed by atoms with Crippen LogP contribution in [0.4, 0.5) is 0 Å². The first kappa shape index (κ1) is 22.2. The predicted molar refractivity (Wildman–Crippen MR) is 135 cm³/mol. The summed E-state index contributed by atoms with van der Waals surface area (Å²) in [6.45, 7) is -0.318. The minimum Gasteiger partial charge on any atom is -0.493 e. The summed E-state index contributed by atoms with van der Waals surface area (Å²) < 4.78 is 22.7. The lowest BCUT2D eigenvalue weighted by Gasteiger charge is -2.13. The molecule has 0 aliphatic carbocycles. The highest BCUT2D eigenvalue weighted by Crippen LogP contribution is 2.36. The van der Waals surface area contributed by atoms with Crippen molar-refractivity contribution in [2.45, 2.75) is 0 Å². The lowest BCUT2D eigenvalue weighted by Crippen LogP contribution is -2.17. The van der Waals surface area contributed by atoms with Gasteiger partial charge in [0.1, 0.15) is 5.58 Å². The van der Waals surface area contributed by atoms with E-state index in [9.17, 15) is 9.59 Å². The van der Waals surface area contributed by atoms with Gasteiger partial charge in [0.2, 0.25) is 11.2 Å². The minimum atomic E-state index is -0.358. The van der Waals surface area contributed by atoms with Crippen molar-refractivity contribution in [2.75, 3.05) is 20.8 Å². The standard InChI is InChI=1S/C29H22O6/c1-32-25-14-13-21(16-26(25)33-2)28-29(27(31)22-9-5-6-10-24(22)35-28)34-17-23(30)20-12-11-18-7-3-4-8-19(18)15-20/h3-16H,17H2,1-2H3. The number of hydrogen-bond donors (Lipinski definition) is 0. The van der Waals surface area contributed by atoms with Crippen LogP contribution in [-0.4, -0.2) is 26.6 Å². The van der Waals surface area contributed by atoms with Gasteiger partial charge in [-0.1, -0.05) is 48.5 Å². The molecule has 0 atom stereocenters. The second-order valence-electron chi connectivity index (χ2n) is 7.93. The first-order valence-corrected chi connectivity index (χ1v) is 11.0. The van der Waals surface area contributed by atoms with Gasteiger partial charge in [-0.2, -0.15) is 0 Å². The number of carbonyl (C=O) groups is 1.